The number of nitrogens with two attached hydrogens (primary N) is 1. The van der Waals surface area contributed by atoms with Gasteiger partial charge in [-0.2, -0.15) is 0 Å². The molecule has 0 saturated carbocycles. The Balaban J connectivity index is 2.07. The average molecular weight is 285 g/mol. The maximum atomic E-state index is 12.3. The number of ketones is 1. The molecule has 1 aromatic carbocycles. The van der Waals surface area contributed by atoms with Crippen LogP contribution >= 0.6 is 0 Å². The summed E-state index contributed by atoms with van der Waals surface area (Å²) in [6, 6.07) is 6.03. The van der Waals surface area contributed by atoms with Crippen molar-refractivity contribution in [1.29, 1.82) is 0 Å². The lowest BCUT2D eigenvalue weighted by atomic mass is 9.93. The van der Waals surface area contributed by atoms with Crippen molar-refractivity contribution >= 4 is 11.8 Å². The largest absolute Gasteiger partial charge is 0.480 e. The standard InChI is InChI=1S/C17H19NO3/c1-11-2-6-13(7-3-11)16(19)14-8-4-12(5-9-14)10-15(18)17(20)21/h2,4-9,11,15H,3,10,18H2,1H3,(H,20,21)/t11?,15-/m1/s1. The van der Waals surface area contributed by atoms with Crippen LogP contribution in [0.5, 0.6) is 0 Å². The summed E-state index contributed by atoms with van der Waals surface area (Å²) in [5.74, 6) is -0.560. The zero-order valence-electron chi connectivity index (χ0n) is 12.0. The Hall–Kier alpha value is -2.20. The zero-order valence-corrected chi connectivity index (χ0v) is 12.0. The summed E-state index contributed by atoms with van der Waals surface area (Å²) in [6.07, 6.45) is 6.99. The number of benzene rings is 1. The van der Waals surface area contributed by atoms with Crippen molar-refractivity contribution in [3.8, 4) is 0 Å². The second-order valence-corrected chi connectivity index (χ2v) is 5.41. The van der Waals surface area contributed by atoms with E-state index in [0.29, 0.717) is 17.1 Å². The number of carboxylic acid groups (broad SMARTS) is 1. The first-order valence-corrected chi connectivity index (χ1v) is 6.97. The highest BCUT2D eigenvalue weighted by atomic mass is 16.4. The smallest absolute Gasteiger partial charge is 0.320 e. The van der Waals surface area contributed by atoms with Crippen LogP contribution in [0.25, 0.3) is 0 Å². The summed E-state index contributed by atoms with van der Waals surface area (Å²) in [5, 5.41) is 8.78. The second-order valence-electron chi connectivity index (χ2n) is 5.41. The van der Waals surface area contributed by atoms with Crippen LogP contribution in [-0.4, -0.2) is 22.9 Å². The molecule has 0 aromatic heterocycles. The summed E-state index contributed by atoms with van der Waals surface area (Å²) >= 11 is 0. The van der Waals surface area contributed by atoms with Gasteiger partial charge in [0.25, 0.3) is 0 Å². The van der Waals surface area contributed by atoms with E-state index < -0.39 is 12.0 Å². The molecule has 4 heteroatoms. The molecule has 4 nitrogen and oxygen atoms in total. The van der Waals surface area contributed by atoms with E-state index in [1.807, 2.05) is 18.2 Å². The molecule has 0 bridgehead atoms. The number of rotatable bonds is 5. The Labute approximate surface area is 124 Å². The van der Waals surface area contributed by atoms with Crippen LogP contribution in [0.1, 0.15) is 29.3 Å². The third-order valence-corrected chi connectivity index (χ3v) is 3.56. The minimum atomic E-state index is -1.03. The first kappa shape index (κ1) is 15.2. The molecule has 110 valence electrons. The molecule has 1 aliphatic carbocycles. The van der Waals surface area contributed by atoms with Crippen LogP contribution in [0, 0.1) is 5.92 Å². The lowest BCUT2D eigenvalue weighted by Gasteiger charge is -2.11. The first-order chi connectivity index (χ1) is 9.97. The molecule has 2 atom stereocenters. The summed E-state index contributed by atoms with van der Waals surface area (Å²) in [6.45, 7) is 2.11. The van der Waals surface area contributed by atoms with Crippen molar-refractivity contribution in [2.24, 2.45) is 11.7 Å². The van der Waals surface area contributed by atoms with Gasteiger partial charge in [-0.1, -0.05) is 49.4 Å². The maximum absolute atomic E-state index is 12.3. The fraction of sp³-hybridized carbons (Fsp3) is 0.294. The van der Waals surface area contributed by atoms with Crippen molar-refractivity contribution in [2.75, 3.05) is 0 Å². The number of carbonyl (C=O) groups is 2. The second kappa shape index (κ2) is 6.50. The number of hydrogen-bond acceptors (Lipinski definition) is 3. The predicted octanol–water partition coefficient (Wildman–Crippen LogP) is 2.35. The van der Waals surface area contributed by atoms with Crippen molar-refractivity contribution in [3.63, 3.8) is 0 Å². The predicted molar refractivity (Wildman–Crippen MR) is 81.1 cm³/mol. The molecule has 21 heavy (non-hydrogen) atoms. The van der Waals surface area contributed by atoms with Gasteiger partial charge in [0.1, 0.15) is 6.04 Å². The van der Waals surface area contributed by atoms with Gasteiger partial charge in [0.2, 0.25) is 0 Å². The van der Waals surface area contributed by atoms with Gasteiger partial charge in [-0.25, -0.2) is 0 Å². The van der Waals surface area contributed by atoms with E-state index in [-0.39, 0.29) is 12.2 Å². The van der Waals surface area contributed by atoms with Gasteiger partial charge in [0, 0.05) is 11.1 Å². The van der Waals surface area contributed by atoms with E-state index in [1.165, 1.54) is 0 Å². The van der Waals surface area contributed by atoms with Gasteiger partial charge in [-0.3, -0.25) is 9.59 Å². The minimum Gasteiger partial charge on any atom is -0.480 e. The third kappa shape index (κ3) is 3.89. The Morgan fingerprint density at radius 3 is 2.52 bits per heavy atom. The average Bonchev–Trinajstić information content (AvgIpc) is 2.48. The molecule has 0 spiro atoms. The summed E-state index contributed by atoms with van der Waals surface area (Å²) < 4.78 is 0. The van der Waals surface area contributed by atoms with E-state index >= 15 is 0 Å². The summed E-state index contributed by atoms with van der Waals surface area (Å²) in [4.78, 5) is 23.0. The van der Waals surface area contributed by atoms with E-state index in [0.717, 1.165) is 12.0 Å². The lowest BCUT2D eigenvalue weighted by Crippen LogP contribution is -2.32. The Bertz CT molecular complexity index is 599. The molecule has 0 heterocycles. The highest BCUT2D eigenvalue weighted by Gasteiger charge is 2.15. The molecule has 1 aromatic rings. The van der Waals surface area contributed by atoms with E-state index in [1.54, 1.807) is 24.3 Å². The number of allylic oxidation sites excluding steroid dienone is 4. The van der Waals surface area contributed by atoms with Crippen LogP contribution in [0.4, 0.5) is 0 Å². The fourth-order valence-electron chi connectivity index (χ4n) is 2.20. The van der Waals surface area contributed by atoms with E-state index in [4.69, 9.17) is 10.8 Å². The van der Waals surface area contributed by atoms with Gasteiger partial charge in [-0.15, -0.1) is 0 Å². The fourth-order valence-corrected chi connectivity index (χ4v) is 2.20. The van der Waals surface area contributed by atoms with Crippen molar-refractivity contribution in [3.05, 3.63) is 59.2 Å². The molecular formula is C17H19NO3. The van der Waals surface area contributed by atoms with Crippen molar-refractivity contribution in [2.45, 2.75) is 25.8 Å². The maximum Gasteiger partial charge on any atom is 0.320 e. The SMILES string of the molecule is CC1C=CC(C(=O)c2ccc(C[C@@H](N)C(=O)O)cc2)=CC1. The number of hydrogen-bond donors (Lipinski definition) is 2. The van der Waals surface area contributed by atoms with Crippen molar-refractivity contribution < 1.29 is 14.7 Å². The van der Waals surface area contributed by atoms with E-state index in [9.17, 15) is 9.59 Å². The van der Waals surface area contributed by atoms with Crippen LogP contribution < -0.4 is 5.73 Å². The molecular weight excluding hydrogens is 266 g/mol. The molecule has 3 N–H and O–H groups in total. The normalized spacial score (nSPS) is 19.0. The number of carbonyl (C=O) groups excluding carboxylic acids is 1. The number of Topliss-reactive ketones (excluding diaryl/α,β-unsaturated/α-hetero) is 1. The van der Waals surface area contributed by atoms with Crippen molar-refractivity contribution in [1.82, 2.24) is 0 Å². The van der Waals surface area contributed by atoms with Crippen LogP contribution in [0.15, 0.2) is 48.1 Å². The molecule has 1 aliphatic rings. The zero-order chi connectivity index (χ0) is 15.4. The highest BCUT2D eigenvalue weighted by molar-refractivity contribution is 6.10. The van der Waals surface area contributed by atoms with Gasteiger partial charge >= 0.3 is 5.97 Å². The molecule has 0 saturated heterocycles. The monoisotopic (exact) mass is 285 g/mol. The van der Waals surface area contributed by atoms with Crippen LogP contribution in [-0.2, 0) is 11.2 Å². The Morgan fingerprint density at radius 1 is 1.33 bits per heavy atom. The topological polar surface area (TPSA) is 80.4 Å². The lowest BCUT2D eigenvalue weighted by molar-refractivity contribution is -0.138. The van der Waals surface area contributed by atoms with Crippen LogP contribution in [0.3, 0.4) is 0 Å². The molecule has 2 rings (SSSR count). The Morgan fingerprint density at radius 2 is 2.00 bits per heavy atom. The van der Waals surface area contributed by atoms with Gasteiger partial charge < -0.3 is 10.8 Å². The first-order valence-electron chi connectivity index (χ1n) is 6.97. The minimum absolute atomic E-state index is 0.00719. The molecule has 0 fully saturated rings. The molecule has 0 aliphatic heterocycles. The Kier molecular flexibility index (Phi) is 4.70. The summed E-state index contributed by atoms with van der Waals surface area (Å²) in [7, 11) is 0. The van der Waals surface area contributed by atoms with Gasteiger partial charge in [0.05, 0.1) is 0 Å². The molecule has 0 amide bonds. The molecule has 0 radical (unpaired) electrons. The summed E-state index contributed by atoms with van der Waals surface area (Å²) in [5.41, 5.74) is 7.62. The van der Waals surface area contributed by atoms with Gasteiger partial charge in [0.15, 0.2) is 5.78 Å². The number of aliphatic carboxylic acids is 1. The highest BCUT2D eigenvalue weighted by Crippen LogP contribution is 2.19. The third-order valence-electron chi connectivity index (χ3n) is 3.56. The molecule has 1 unspecified atom stereocenters. The van der Waals surface area contributed by atoms with Crippen LogP contribution in [0.2, 0.25) is 0 Å². The van der Waals surface area contributed by atoms with Gasteiger partial charge in [-0.05, 0) is 24.3 Å². The van der Waals surface area contributed by atoms with E-state index in [2.05, 4.69) is 6.92 Å². The quantitative estimate of drug-likeness (QED) is 0.814. The number of carboxylic acids is 1.